The minimum Gasteiger partial charge on any atom is -0.480 e. The van der Waals surface area contributed by atoms with Crippen molar-refractivity contribution in [3.8, 4) is 0 Å². The Morgan fingerprint density at radius 2 is 1.44 bits per heavy atom. The molecule has 0 saturated heterocycles. The highest BCUT2D eigenvalue weighted by atomic mass is 16.4. The number of aliphatic carboxylic acids is 1. The SMILES string of the molecule is NCCCCC(N)C(=O)NC(CCCN=C(N)N)C(=O)NC(CCC(N)=O)C(=O)NCC(=O)O. The fraction of sp³-hybridized carbons (Fsp3) is 0.684. The summed E-state index contributed by atoms with van der Waals surface area (Å²) < 4.78 is 0. The van der Waals surface area contributed by atoms with Gasteiger partial charge in [-0.3, -0.25) is 29.0 Å². The van der Waals surface area contributed by atoms with Crippen LogP contribution >= 0.6 is 0 Å². The summed E-state index contributed by atoms with van der Waals surface area (Å²) in [6.45, 7) is -0.0341. The number of nitrogens with two attached hydrogens (primary N) is 5. The highest BCUT2D eigenvalue weighted by Crippen LogP contribution is 2.05. The van der Waals surface area contributed by atoms with Crippen LogP contribution in [0, 0.1) is 0 Å². The predicted octanol–water partition coefficient (Wildman–Crippen LogP) is -4.07. The summed E-state index contributed by atoms with van der Waals surface area (Å²) in [7, 11) is 0. The van der Waals surface area contributed by atoms with Gasteiger partial charge >= 0.3 is 5.97 Å². The molecule has 0 saturated carbocycles. The summed E-state index contributed by atoms with van der Waals surface area (Å²) in [4.78, 5) is 63.4. The Morgan fingerprint density at radius 3 is 2.00 bits per heavy atom. The number of carbonyl (C=O) groups excluding carboxylic acids is 4. The van der Waals surface area contributed by atoms with Crippen molar-refractivity contribution >= 4 is 35.6 Å². The zero-order chi connectivity index (χ0) is 26.1. The summed E-state index contributed by atoms with van der Waals surface area (Å²) in [5.41, 5.74) is 27.0. The fourth-order valence-electron chi connectivity index (χ4n) is 2.80. The van der Waals surface area contributed by atoms with Gasteiger partial charge in [0.05, 0.1) is 6.04 Å². The van der Waals surface area contributed by atoms with Crippen LogP contribution in [0.25, 0.3) is 0 Å². The summed E-state index contributed by atoms with van der Waals surface area (Å²) >= 11 is 0. The lowest BCUT2D eigenvalue weighted by molar-refractivity contribution is -0.138. The molecular formula is C19H37N9O6. The van der Waals surface area contributed by atoms with E-state index in [1.54, 1.807) is 0 Å². The lowest BCUT2D eigenvalue weighted by atomic mass is 10.1. The number of amides is 4. The number of carboxylic acids is 1. The smallest absolute Gasteiger partial charge is 0.322 e. The predicted molar refractivity (Wildman–Crippen MR) is 124 cm³/mol. The maximum absolute atomic E-state index is 12.9. The molecule has 15 nitrogen and oxygen atoms in total. The van der Waals surface area contributed by atoms with E-state index < -0.39 is 54.3 Å². The molecule has 0 aromatic carbocycles. The number of aliphatic imine (C=N–C) groups is 1. The normalized spacial score (nSPS) is 13.1. The maximum atomic E-state index is 12.9. The fourth-order valence-corrected chi connectivity index (χ4v) is 2.80. The number of hydrogen-bond donors (Lipinski definition) is 9. The highest BCUT2D eigenvalue weighted by Gasteiger charge is 2.28. The van der Waals surface area contributed by atoms with Gasteiger partial charge in [-0.2, -0.15) is 0 Å². The Kier molecular flexibility index (Phi) is 15.3. The van der Waals surface area contributed by atoms with Gasteiger partial charge in [-0.15, -0.1) is 0 Å². The summed E-state index contributed by atoms with van der Waals surface area (Å²) in [5.74, 6) is -4.25. The van der Waals surface area contributed by atoms with Crippen molar-refractivity contribution in [2.24, 2.45) is 33.7 Å². The number of unbranched alkanes of at least 4 members (excludes halogenated alkanes) is 1. The number of nitrogens with zero attached hydrogens (tertiary/aromatic N) is 1. The molecule has 15 heteroatoms. The molecular weight excluding hydrogens is 450 g/mol. The van der Waals surface area contributed by atoms with E-state index in [4.69, 9.17) is 33.8 Å². The van der Waals surface area contributed by atoms with Gasteiger partial charge < -0.3 is 49.7 Å². The summed E-state index contributed by atoms with van der Waals surface area (Å²) in [6.07, 6.45) is 1.71. The Bertz CT molecular complexity index is 727. The van der Waals surface area contributed by atoms with Crippen molar-refractivity contribution in [1.82, 2.24) is 16.0 Å². The second-order valence-electron chi connectivity index (χ2n) is 7.58. The molecule has 3 atom stereocenters. The Labute approximate surface area is 197 Å². The number of nitrogens with one attached hydrogen (secondary N) is 3. The molecule has 0 aromatic rings. The quantitative estimate of drug-likeness (QED) is 0.0511. The molecule has 34 heavy (non-hydrogen) atoms. The van der Waals surface area contributed by atoms with Crippen molar-refractivity contribution < 1.29 is 29.1 Å². The van der Waals surface area contributed by atoms with Crippen LogP contribution < -0.4 is 44.6 Å². The lowest BCUT2D eigenvalue weighted by Gasteiger charge is -2.24. The molecule has 3 unspecified atom stereocenters. The number of guanidine groups is 1. The van der Waals surface area contributed by atoms with Crippen LogP contribution in [0.2, 0.25) is 0 Å². The van der Waals surface area contributed by atoms with Crippen LogP contribution in [-0.4, -0.2) is 78.4 Å². The van der Waals surface area contributed by atoms with Crippen molar-refractivity contribution in [2.45, 2.75) is 63.1 Å². The molecule has 0 spiro atoms. The molecule has 0 aliphatic carbocycles. The minimum absolute atomic E-state index is 0.114. The van der Waals surface area contributed by atoms with Gasteiger partial charge in [-0.05, 0) is 38.6 Å². The number of carboxylic acid groups (broad SMARTS) is 1. The van der Waals surface area contributed by atoms with Crippen molar-refractivity contribution in [3.05, 3.63) is 0 Å². The molecule has 0 aliphatic rings. The molecule has 14 N–H and O–H groups in total. The number of hydrogen-bond acceptors (Lipinski definition) is 8. The van der Waals surface area contributed by atoms with E-state index in [9.17, 15) is 24.0 Å². The minimum atomic E-state index is -1.29. The Morgan fingerprint density at radius 1 is 0.824 bits per heavy atom. The zero-order valence-corrected chi connectivity index (χ0v) is 19.1. The van der Waals surface area contributed by atoms with E-state index >= 15 is 0 Å². The largest absolute Gasteiger partial charge is 0.480 e. The van der Waals surface area contributed by atoms with E-state index in [-0.39, 0.29) is 31.8 Å². The zero-order valence-electron chi connectivity index (χ0n) is 19.1. The molecule has 0 rings (SSSR count). The first-order valence-electron chi connectivity index (χ1n) is 10.9. The first kappa shape index (κ1) is 30.5. The van der Waals surface area contributed by atoms with Crippen LogP contribution in [0.4, 0.5) is 0 Å². The van der Waals surface area contributed by atoms with Gasteiger partial charge in [-0.1, -0.05) is 6.42 Å². The van der Waals surface area contributed by atoms with Crippen LogP contribution in [-0.2, 0) is 24.0 Å². The van der Waals surface area contributed by atoms with Gasteiger partial charge in [0.1, 0.15) is 18.6 Å². The van der Waals surface area contributed by atoms with Gasteiger partial charge in [0, 0.05) is 13.0 Å². The summed E-state index contributed by atoms with van der Waals surface area (Å²) in [5, 5.41) is 15.9. The van der Waals surface area contributed by atoms with E-state index in [1.165, 1.54) is 0 Å². The first-order chi connectivity index (χ1) is 16.0. The average Bonchev–Trinajstić information content (AvgIpc) is 2.76. The Balaban J connectivity index is 5.36. The molecule has 0 bridgehead atoms. The lowest BCUT2D eigenvalue weighted by Crippen LogP contribution is -2.56. The third kappa shape index (κ3) is 14.6. The first-order valence-corrected chi connectivity index (χ1v) is 10.9. The number of rotatable bonds is 18. The standard InChI is InChI=1S/C19H37N9O6/c20-8-2-1-4-11(21)16(32)27-12(5-3-9-25-19(23)24)18(34)28-13(6-7-14(22)29)17(33)26-10-15(30)31/h11-13H,1-10,20-21H2,(H2,22,29)(H,26,33)(H,27,32)(H,28,34)(H,30,31)(H4,23,24,25). The van der Waals surface area contributed by atoms with Crippen LogP contribution in [0.15, 0.2) is 4.99 Å². The van der Waals surface area contributed by atoms with Crippen molar-refractivity contribution in [1.29, 1.82) is 0 Å². The maximum Gasteiger partial charge on any atom is 0.322 e. The van der Waals surface area contributed by atoms with Crippen molar-refractivity contribution in [2.75, 3.05) is 19.6 Å². The second-order valence-corrected chi connectivity index (χ2v) is 7.58. The second kappa shape index (κ2) is 17.1. The highest BCUT2D eigenvalue weighted by molar-refractivity contribution is 5.93. The molecule has 0 fully saturated rings. The van der Waals surface area contributed by atoms with Gasteiger partial charge in [-0.25, -0.2) is 0 Å². The van der Waals surface area contributed by atoms with E-state index in [0.717, 1.165) is 0 Å². The third-order valence-electron chi connectivity index (χ3n) is 4.61. The topological polar surface area (TPSA) is 284 Å². The van der Waals surface area contributed by atoms with Crippen LogP contribution in [0.5, 0.6) is 0 Å². The third-order valence-corrected chi connectivity index (χ3v) is 4.61. The van der Waals surface area contributed by atoms with Crippen LogP contribution in [0.3, 0.4) is 0 Å². The van der Waals surface area contributed by atoms with E-state index in [0.29, 0.717) is 32.2 Å². The van der Waals surface area contributed by atoms with Gasteiger partial charge in [0.15, 0.2) is 5.96 Å². The number of primary amides is 1. The molecule has 0 aliphatic heterocycles. The Hall–Kier alpha value is -3.46. The van der Waals surface area contributed by atoms with Gasteiger partial charge in [0.2, 0.25) is 23.6 Å². The van der Waals surface area contributed by atoms with Crippen molar-refractivity contribution in [3.63, 3.8) is 0 Å². The van der Waals surface area contributed by atoms with E-state index in [1.807, 2.05) is 0 Å². The monoisotopic (exact) mass is 487 g/mol. The molecule has 0 radical (unpaired) electrons. The molecule has 0 heterocycles. The van der Waals surface area contributed by atoms with Gasteiger partial charge in [0.25, 0.3) is 0 Å². The van der Waals surface area contributed by atoms with Crippen LogP contribution in [0.1, 0.15) is 44.9 Å². The molecule has 0 aromatic heterocycles. The molecule has 4 amide bonds. The molecule has 194 valence electrons. The summed E-state index contributed by atoms with van der Waals surface area (Å²) in [6, 6.07) is -3.22. The average molecular weight is 488 g/mol. The number of carbonyl (C=O) groups is 5. The van der Waals surface area contributed by atoms with E-state index in [2.05, 4.69) is 20.9 Å².